The van der Waals surface area contributed by atoms with Gasteiger partial charge in [0.1, 0.15) is 12.4 Å². The second-order valence-electron chi connectivity index (χ2n) is 4.50. The highest BCUT2D eigenvalue weighted by Gasteiger charge is 2.17. The molecule has 1 saturated heterocycles. The van der Waals surface area contributed by atoms with E-state index in [0.717, 1.165) is 29.3 Å². The molecule has 0 saturated carbocycles. The van der Waals surface area contributed by atoms with Crippen molar-refractivity contribution < 1.29 is 4.74 Å². The smallest absolute Gasteiger partial charge is 0.119 e. The first-order valence-electron chi connectivity index (χ1n) is 5.85. The lowest BCUT2D eigenvalue weighted by atomic mass is 10.2. The molecule has 0 radical (unpaired) electrons. The summed E-state index contributed by atoms with van der Waals surface area (Å²) < 4.78 is 6.79. The fourth-order valence-electron chi connectivity index (χ4n) is 2.05. The molecule has 0 amide bonds. The van der Waals surface area contributed by atoms with Gasteiger partial charge in [-0.1, -0.05) is 22.9 Å². The van der Waals surface area contributed by atoms with E-state index in [4.69, 9.17) is 4.74 Å². The van der Waals surface area contributed by atoms with Crippen molar-refractivity contribution in [3.05, 3.63) is 28.7 Å². The van der Waals surface area contributed by atoms with E-state index in [1.807, 2.05) is 24.3 Å². The van der Waals surface area contributed by atoms with E-state index in [9.17, 15) is 0 Å². The van der Waals surface area contributed by atoms with Crippen LogP contribution in [0.4, 0.5) is 0 Å². The molecule has 1 heterocycles. The van der Waals surface area contributed by atoms with Crippen LogP contribution in [0.15, 0.2) is 28.7 Å². The highest BCUT2D eigenvalue weighted by Crippen LogP contribution is 2.17. The summed E-state index contributed by atoms with van der Waals surface area (Å²) >= 11 is 3.41. The molecule has 0 aromatic heterocycles. The molecule has 2 nitrogen and oxygen atoms in total. The van der Waals surface area contributed by atoms with Crippen LogP contribution in [0.25, 0.3) is 0 Å². The summed E-state index contributed by atoms with van der Waals surface area (Å²) in [7, 11) is 0. The Morgan fingerprint density at radius 1 is 1.38 bits per heavy atom. The molecule has 0 aliphatic carbocycles. The average molecular weight is 284 g/mol. The van der Waals surface area contributed by atoms with E-state index in [2.05, 4.69) is 27.8 Å². The van der Waals surface area contributed by atoms with Crippen molar-refractivity contribution >= 4 is 15.9 Å². The van der Waals surface area contributed by atoms with Crippen molar-refractivity contribution in [2.24, 2.45) is 5.92 Å². The van der Waals surface area contributed by atoms with Gasteiger partial charge < -0.3 is 4.74 Å². The van der Waals surface area contributed by atoms with E-state index < -0.39 is 0 Å². The predicted octanol–water partition coefficient (Wildman–Crippen LogP) is 3.17. The van der Waals surface area contributed by atoms with Crippen LogP contribution in [0.2, 0.25) is 0 Å². The van der Waals surface area contributed by atoms with Gasteiger partial charge in [0.2, 0.25) is 0 Å². The number of hydrogen-bond acceptors (Lipinski definition) is 2. The molecule has 1 aromatic rings. The minimum atomic E-state index is 0.786. The standard InChI is InChI=1S/C13H18BrNO/c1-11-6-7-15(10-11)8-9-16-13-4-2-12(14)3-5-13/h2-5,11H,6-10H2,1H3/t11-/m1/s1. The van der Waals surface area contributed by atoms with Crippen molar-refractivity contribution in [2.75, 3.05) is 26.2 Å². The molecule has 2 rings (SSSR count). The van der Waals surface area contributed by atoms with Gasteiger partial charge in [0, 0.05) is 17.6 Å². The number of likely N-dealkylation sites (tertiary alicyclic amines) is 1. The van der Waals surface area contributed by atoms with Crippen LogP contribution in [-0.4, -0.2) is 31.1 Å². The lowest BCUT2D eigenvalue weighted by Gasteiger charge is -2.15. The van der Waals surface area contributed by atoms with Gasteiger partial charge in [-0.25, -0.2) is 0 Å². The minimum Gasteiger partial charge on any atom is -0.492 e. The lowest BCUT2D eigenvalue weighted by molar-refractivity contribution is 0.234. The normalized spacial score (nSPS) is 21.2. The van der Waals surface area contributed by atoms with Gasteiger partial charge >= 0.3 is 0 Å². The summed E-state index contributed by atoms with van der Waals surface area (Å²) in [6.07, 6.45) is 1.33. The number of ether oxygens (including phenoxy) is 1. The highest BCUT2D eigenvalue weighted by atomic mass is 79.9. The Bertz CT molecular complexity index is 325. The molecule has 1 atom stereocenters. The Morgan fingerprint density at radius 3 is 2.75 bits per heavy atom. The van der Waals surface area contributed by atoms with Gasteiger partial charge in [0.05, 0.1) is 0 Å². The van der Waals surface area contributed by atoms with Crippen LogP contribution in [-0.2, 0) is 0 Å². The monoisotopic (exact) mass is 283 g/mol. The largest absolute Gasteiger partial charge is 0.492 e. The third-order valence-electron chi connectivity index (χ3n) is 3.00. The molecule has 0 N–H and O–H groups in total. The third kappa shape index (κ3) is 3.49. The van der Waals surface area contributed by atoms with Crippen LogP contribution in [0.3, 0.4) is 0 Å². The topological polar surface area (TPSA) is 12.5 Å². The summed E-state index contributed by atoms with van der Waals surface area (Å²) in [5, 5.41) is 0. The van der Waals surface area contributed by atoms with E-state index in [1.165, 1.54) is 19.5 Å². The zero-order valence-corrected chi connectivity index (χ0v) is 11.2. The summed E-state index contributed by atoms with van der Waals surface area (Å²) in [6, 6.07) is 8.01. The van der Waals surface area contributed by atoms with Crippen molar-refractivity contribution in [3.63, 3.8) is 0 Å². The molecule has 0 bridgehead atoms. The Labute approximate surface area is 106 Å². The second kappa shape index (κ2) is 5.69. The molecule has 3 heteroatoms. The second-order valence-corrected chi connectivity index (χ2v) is 5.41. The van der Waals surface area contributed by atoms with E-state index in [1.54, 1.807) is 0 Å². The van der Waals surface area contributed by atoms with Gasteiger partial charge in [-0.2, -0.15) is 0 Å². The summed E-state index contributed by atoms with van der Waals surface area (Å²) in [5.74, 6) is 1.81. The van der Waals surface area contributed by atoms with Gasteiger partial charge in [-0.3, -0.25) is 4.90 Å². The summed E-state index contributed by atoms with van der Waals surface area (Å²) in [6.45, 7) is 6.60. The van der Waals surface area contributed by atoms with E-state index >= 15 is 0 Å². The molecule has 1 aliphatic rings. The van der Waals surface area contributed by atoms with E-state index in [0.29, 0.717) is 0 Å². The Kier molecular flexibility index (Phi) is 4.24. The fraction of sp³-hybridized carbons (Fsp3) is 0.538. The van der Waals surface area contributed by atoms with Gasteiger partial charge in [-0.15, -0.1) is 0 Å². The maximum Gasteiger partial charge on any atom is 0.119 e. The van der Waals surface area contributed by atoms with Crippen LogP contribution in [0.5, 0.6) is 5.75 Å². The van der Waals surface area contributed by atoms with Crippen LogP contribution >= 0.6 is 15.9 Å². The number of rotatable bonds is 4. The predicted molar refractivity (Wildman–Crippen MR) is 69.9 cm³/mol. The van der Waals surface area contributed by atoms with Crippen LogP contribution in [0, 0.1) is 5.92 Å². The zero-order chi connectivity index (χ0) is 11.4. The van der Waals surface area contributed by atoms with Crippen LogP contribution in [0.1, 0.15) is 13.3 Å². The number of nitrogens with zero attached hydrogens (tertiary/aromatic N) is 1. The molecular weight excluding hydrogens is 266 g/mol. The molecular formula is C13H18BrNO. The Morgan fingerprint density at radius 2 is 2.12 bits per heavy atom. The van der Waals surface area contributed by atoms with Crippen molar-refractivity contribution in [2.45, 2.75) is 13.3 Å². The van der Waals surface area contributed by atoms with Gasteiger partial charge in [0.15, 0.2) is 0 Å². The number of hydrogen-bond donors (Lipinski definition) is 0. The molecule has 0 unspecified atom stereocenters. The first-order chi connectivity index (χ1) is 7.74. The van der Waals surface area contributed by atoms with E-state index in [-0.39, 0.29) is 0 Å². The third-order valence-corrected chi connectivity index (χ3v) is 3.53. The molecule has 1 aliphatic heterocycles. The van der Waals surface area contributed by atoms with Crippen molar-refractivity contribution in [1.82, 2.24) is 4.90 Å². The van der Waals surface area contributed by atoms with Crippen molar-refractivity contribution in [3.8, 4) is 5.75 Å². The molecule has 1 fully saturated rings. The SMILES string of the molecule is C[C@@H]1CCN(CCOc2ccc(Br)cc2)C1. The molecule has 1 aromatic carbocycles. The van der Waals surface area contributed by atoms with Gasteiger partial charge in [0.25, 0.3) is 0 Å². The zero-order valence-electron chi connectivity index (χ0n) is 9.66. The molecule has 88 valence electrons. The molecule has 16 heavy (non-hydrogen) atoms. The highest BCUT2D eigenvalue weighted by molar-refractivity contribution is 9.10. The minimum absolute atomic E-state index is 0.786. The summed E-state index contributed by atoms with van der Waals surface area (Å²) in [4.78, 5) is 2.48. The summed E-state index contributed by atoms with van der Waals surface area (Å²) in [5.41, 5.74) is 0. The quantitative estimate of drug-likeness (QED) is 0.842. The molecule has 0 spiro atoms. The number of halogens is 1. The average Bonchev–Trinajstić information content (AvgIpc) is 2.67. The Hall–Kier alpha value is -0.540. The van der Waals surface area contributed by atoms with Gasteiger partial charge in [-0.05, 0) is 43.1 Å². The first kappa shape index (κ1) is 11.9. The first-order valence-corrected chi connectivity index (χ1v) is 6.64. The van der Waals surface area contributed by atoms with Crippen molar-refractivity contribution in [1.29, 1.82) is 0 Å². The maximum atomic E-state index is 5.70. The van der Waals surface area contributed by atoms with Crippen LogP contribution < -0.4 is 4.74 Å². The maximum absolute atomic E-state index is 5.70. The Balaban J connectivity index is 1.70. The number of benzene rings is 1. The fourth-order valence-corrected chi connectivity index (χ4v) is 2.32. The lowest BCUT2D eigenvalue weighted by Crippen LogP contribution is -2.25.